The van der Waals surface area contributed by atoms with Crippen LogP contribution in [0.3, 0.4) is 0 Å². The normalized spacial score (nSPS) is 12.8. The molecule has 0 aliphatic carbocycles. The molecule has 3 unspecified atom stereocenters. The van der Waals surface area contributed by atoms with Gasteiger partial charge in [-0.25, -0.2) is 0 Å². The maximum atomic E-state index is 8.36. The number of hydrogen-bond donors (Lipinski definition) is 3. The van der Waals surface area contributed by atoms with Gasteiger partial charge in [0.1, 0.15) is 0 Å². The van der Waals surface area contributed by atoms with Crippen molar-refractivity contribution in [3.8, 4) is 0 Å². The largest absolute Gasteiger partial charge is 0 e. The number of rotatable bonds is 4. The molecular formula is C19H41GeHfO3-. The first-order valence-corrected chi connectivity index (χ1v) is 14.9. The van der Waals surface area contributed by atoms with Crippen LogP contribution in [0.1, 0.15) is 60.8 Å². The second-order valence-corrected chi connectivity index (χ2v) is 12.4. The van der Waals surface area contributed by atoms with Crippen LogP contribution in [0.15, 0.2) is 24.3 Å². The van der Waals surface area contributed by atoms with Crippen LogP contribution in [-0.4, -0.2) is 48.0 Å². The summed E-state index contributed by atoms with van der Waals surface area (Å²) < 4.78 is 1.62. The summed E-state index contributed by atoms with van der Waals surface area (Å²) in [4.78, 5) is 0. The van der Waals surface area contributed by atoms with Crippen LogP contribution in [0.4, 0.5) is 0 Å². The predicted octanol–water partition coefficient (Wildman–Crippen LogP) is 3.43. The smallest absolute Gasteiger partial charge is 0 e. The SMILES string of the molecule is CCC(C)O.CCC(C)O.CCC(C)O.[CH3][GeH]([CH3])[c-]1cccc1.[Hf]. The van der Waals surface area contributed by atoms with Crippen molar-refractivity contribution in [1.82, 2.24) is 0 Å². The molecule has 0 aromatic heterocycles. The fourth-order valence-electron chi connectivity index (χ4n) is 0.774. The minimum absolute atomic E-state index is 0. The molecule has 0 saturated heterocycles. The molecular weight excluding hydrogens is 527 g/mol. The molecule has 0 bridgehead atoms. The van der Waals surface area contributed by atoms with Crippen molar-refractivity contribution in [2.75, 3.05) is 0 Å². The van der Waals surface area contributed by atoms with Gasteiger partial charge in [-0.2, -0.15) is 0 Å². The van der Waals surface area contributed by atoms with Crippen molar-refractivity contribution in [2.24, 2.45) is 0 Å². The molecule has 144 valence electrons. The molecule has 24 heavy (non-hydrogen) atoms. The standard InChI is InChI=1S/C7H11Ge.3C4H10O.Hf/c1-8(2)7-5-3-4-6-7;3*1-3-4(2)5;/h3-6,8H,1-2H3;3*4-5H,3H2,1-2H3;/q-1;;;;. The second kappa shape index (κ2) is 23.6. The Hall–Kier alpha value is 0.643. The minimum Gasteiger partial charge on any atom is 0 e. The van der Waals surface area contributed by atoms with E-state index < -0.39 is 14.3 Å². The number of aliphatic hydroxyl groups is 3. The second-order valence-electron chi connectivity index (χ2n) is 6.14. The van der Waals surface area contributed by atoms with E-state index in [1.165, 1.54) is 0 Å². The number of hydrogen-bond acceptors (Lipinski definition) is 3. The molecule has 3 N–H and O–H groups in total. The molecule has 0 saturated carbocycles. The van der Waals surface area contributed by atoms with Gasteiger partial charge in [0.05, 0.1) is 18.3 Å². The first-order chi connectivity index (χ1) is 10.6. The average Bonchev–Trinajstić information content (AvgIpc) is 3.03. The summed E-state index contributed by atoms with van der Waals surface area (Å²) in [5.74, 6) is 4.78. The van der Waals surface area contributed by atoms with Crippen LogP contribution in [0.5, 0.6) is 0 Å². The van der Waals surface area contributed by atoms with Crippen LogP contribution in [0, 0.1) is 0 Å². The molecule has 0 amide bonds. The quantitative estimate of drug-likeness (QED) is 0.386. The van der Waals surface area contributed by atoms with Crippen LogP contribution in [0.2, 0.25) is 11.5 Å². The van der Waals surface area contributed by atoms with Gasteiger partial charge in [0, 0.05) is 25.8 Å². The average molecular weight is 569 g/mol. The van der Waals surface area contributed by atoms with E-state index in [4.69, 9.17) is 15.3 Å². The van der Waals surface area contributed by atoms with Crippen LogP contribution in [0.25, 0.3) is 0 Å². The zero-order chi connectivity index (χ0) is 18.8. The van der Waals surface area contributed by atoms with Crippen molar-refractivity contribution in [3.05, 3.63) is 24.3 Å². The molecule has 1 aromatic rings. The van der Waals surface area contributed by atoms with E-state index >= 15 is 0 Å². The van der Waals surface area contributed by atoms with E-state index in [0.29, 0.717) is 0 Å². The summed E-state index contributed by atoms with van der Waals surface area (Å²) in [6.45, 7) is 11.2. The Morgan fingerprint density at radius 2 is 0.958 bits per heavy atom. The van der Waals surface area contributed by atoms with Crippen molar-refractivity contribution in [1.29, 1.82) is 0 Å². The van der Waals surface area contributed by atoms with Crippen LogP contribution >= 0.6 is 0 Å². The molecule has 5 heteroatoms. The zero-order valence-corrected chi connectivity index (χ0v) is 23.1. The molecule has 0 aliphatic heterocycles. The monoisotopic (exact) mass is 571 g/mol. The Labute approximate surface area is 174 Å². The fraction of sp³-hybridized carbons (Fsp3) is 0.737. The van der Waals surface area contributed by atoms with E-state index in [9.17, 15) is 0 Å². The molecule has 3 atom stereocenters. The van der Waals surface area contributed by atoms with E-state index in [2.05, 4.69) is 35.8 Å². The van der Waals surface area contributed by atoms with Crippen molar-refractivity contribution >= 4 is 18.7 Å². The fourth-order valence-corrected chi connectivity index (χ4v) is 2.86. The summed E-state index contributed by atoms with van der Waals surface area (Å²) in [7, 11) is 0. The van der Waals surface area contributed by atoms with Crippen molar-refractivity contribution < 1.29 is 41.2 Å². The first kappa shape index (κ1) is 32.3. The number of aliphatic hydroxyl groups excluding tert-OH is 3. The van der Waals surface area contributed by atoms with Crippen LogP contribution < -0.4 is 4.40 Å². The Kier molecular flexibility index (Phi) is 31.8. The zero-order valence-electron chi connectivity index (χ0n) is 17.1. The summed E-state index contributed by atoms with van der Waals surface area (Å²) in [5, 5.41) is 25.1. The van der Waals surface area contributed by atoms with E-state index in [0.717, 1.165) is 19.3 Å². The Bertz CT molecular complexity index is 281. The van der Waals surface area contributed by atoms with Gasteiger partial charge in [-0.1, -0.05) is 20.8 Å². The maximum absolute atomic E-state index is 8.36. The molecule has 0 spiro atoms. The summed E-state index contributed by atoms with van der Waals surface area (Å²) >= 11 is -0.888. The van der Waals surface area contributed by atoms with Crippen LogP contribution in [-0.2, 0) is 25.8 Å². The van der Waals surface area contributed by atoms with Gasteiger partial charge in [-0.3, -0.25) is 0 Å². The summed E-state index contributed by atoms with van der Waals surface area (Å²) in [6, 6.07) is 8.73. The van der Waals surface area contributed by atoms with Crippen molar-refractivity contribution in [2.45, 2.75) is 90.6 Å². The third-order valence-corrected chi connectivity index (χ3v) is 6.73. The molecule has 1 rings (SSSR count). The summed E-state index contributed by atoms with van der Waals surface area (Å²) in [5.41, 5.74) is 0. The van der Waals surface area contributed by atoms with E-state index in [-0.39, 0.29) is 44.2 Å². The Morgan fingerprint density at radius 3 is 1.04 bits per heavy atom. The van der Waals surface area contributed by atoms with Gasteiger partial charge in [0.2, 0.25) is 0 Å². The van der Waals surface area contributed by atoms with Gasteiger partial charge < -0.3 is 15.3 Å². The molecule has 3 nitrogen and oxygen atoms in total. The molecule has 0 heterocycles. The van der Waals surface area contributed by atoms with E-state index in [1.54, 1.807) is 25.2 Å². The van der Waals surface area contributed by atoms with Gasteiger partial charge in [0.25, 0.3) is 0 Å². The Morgan fingerprint density at radius 1 is 0.750 bits per heavy atom. The molecule has 0 fully saturated rings. The predicted molar refractivity (Wildman–Crippen MR) is 106 cm³/mol. The topological polar surface area (TPSA) is 60.7 Å². The van der Waals surface area contributed by atoms with Crippen molar-refractivity contribution in [3.63, 3.8) is 0 Å². The summed E-state index contributed by atoms with van der Waals surface area (Å²) in [6.07, 6.45) is 2.24. The molecule has 0 radical (unpaired) electrons. The third kappa shape index (κ3) is 34.1. The van der Waals surface area contributed by atoms with Gasteiger partial charge in [0.15, 0.2) is 0 Å². The molecule has 1 aromatic carbocycles. The van der Waals surface area contributed by atoms with Gasteiger partial charge >= 0.3 is 54.5 Å². The van der Waals surface area contributed by atoms with Gasteiger partial charge in [-0.05, 0) is 40.0 Å². The maximum Gasteiger partial charge on any atom is 0 e. The minimum atomic E-state index is -0.888. The van der Waals surface area contributed by atoms with Gasteiger partial charge in [-0.15, -0.1) is 0 Å². The Balaban J connectivity index is -0.000000113. The molecule has 0 aliphatic rings. The van der Waals surface area contributed by atoms with E-state index in [1.807, 2.05) is 20.8 Å². The third-order valence-electron chi connectivity index (χ3n) is 3.13. The first-order valence-electron chi connectivity index (χ1n) is 8.87.